The molecule has 0 bridgehead atoms. The number of hydrogen-bond acceptors (Lipinski definition) is 9. The summed E-state index contributed by atoms with van der Waals surface area (Å²) in [7, 11) is 1.30. The van der Waals surface area contributed by atoms with Gasteiger partial charge in [-0.1, -0.05) is 66.7 Å². The highest BCUT2D eigenvalue weighted by molar-refractivity contribution is 5.92. The fourth-order valence-corrected chi connectivity index (χ4v) is 6.42. The number of nitrogens with zero attached hydrogens (tertiary/aromatic N) is 1. The molecule has 0 radical (unpaired) electrons. The number of benzene rings is 3. The molecule has 1 spiro atoms. The summed E-state index contributed by atoms with van der Waals surface area (Å²) < 4.78 is 29.8. The predicted molar refractivity (Wildman–Crippen MR) is 173 cm³/mol. The number of methoxy groups -OCH3 is 1. The lowest BCUT2D eigenvalue weighted by molar-refractivity contribution is -0.255. The number of aliphatic hydroxyl groups is 1. The van der Waals surface area contributed by atoms with Crippen LogP contribution in [0.2, 0.25) is 0 Å². The van der Waals surface area contributed by atoms with E-state index in [1.807, 2.05) is 66.7 Å². The summed E-state index contributed by atoms with van der Waals surface area (Å²) in [5.41, 5.74) is 4.15. The Balaban J connectivity index is 1.10. The van der Waals surface area contributed by atoms with Crippen LogP contribution >= 0.6 is 0 Å². The predicted octanol–water partition coefficient (Wildman–Crippen LogP) is 4.47. The van der Waals surface area contributed by atoms with Crippen molar-refractivity contribution >= 4 is 17.7 Å². The Morgan fingerprint density at radius 3 is 2.26 bits per heavy atom. The van der Waals surface area contributed by atoms with Crippen molar-refractivity contribution in [2.45, 2.75) is 62.6 Å². The molecule has 3 aromatic carbocycles. The van der Waals surface area contributed by atoms with E-state index in [0.29, 0.717) is 31.7 Å². The Bertz CT molecular complexity index is 1450. The maximum atomic E-state index is 12.9. The molecule has 47 heavy (non-hydrogen) atoms. The second kappa shape index (κ2) is 15.4. The number of carbonyl (C=O) groups is 2. The van der Waals surface area contributed by atoms with Gasteiger partial charge in [-0.3, -0.25) is 0 Å². The number of likely N-dealkylation sites (tertiary alicyclic amines) is 1. The molecule has 3 fully saturated rings. The average molecular weight is 646 g/mol. The number of esters is 1. The number of piperidine rings is 1. The van der Waals surface area contributed by atoms with E-state index in [9.17, 15) is 14.7 Å². The van der Waals surface area contributed by atoms with Crippen LogP contribution < -0.4 is 10.6 Å². The summed E-state index contributed by atoms with van der Waals surface area (Å²) in [6.07, 6.45) is 1.76. The van der Waals surface area contributed by atoms with Crippen molar-refractivity contribution < 1.29 is 38.4 Å². The summed E-state index contributed by atoms with van der Waals surface area (Å²) in [5.74, 6) is -0.952. The highest BCUT2D eigenvalue weighted by atomic mass is 16.7. The van der Waals surface area contributed by atoms with Crippen molar-refractivity contribution in [2.24, 2.45) is 0 Å². The van der Waals surface area contributed by atoms with Crippen molar-refractivity contribution in [3.05, 3.63) is 101 Å². The minimum atomic E-state index is -0.838. The van der Waals surface area contributed by atoms with Crippen LogP contribution in [0.1, 0.15) is 53.9 Å². The number of urea groups is 1. The molecule has 3 aromatic rings. The number of hydrogen-bond donors (Lipinski definition) is 3. The lowest BCUT2D eigenvalue weighted by Crippen LogP contribution is -2.48. The molecule has 11 heteroatoms. The molecule has 0 aliphatic carbocycles. The topological polar surface area (TPSA) is 128 Å². The average Bonchev–Trinajstić information content (AvgIpc) is 3.57. The van der Waals surface area contributed by atoms with E-state index in [0.717, 1.165) is 54.7 Å². The maximum absolute atomic E-state index is 12.9. The van der Waals surface area contributed by atoms with E-state index in [2.05, 4.69) is 15.5 Å². The van der Waals surface area contributed by atoms with Gasteiger partial charge in [-0.15, -0.1) is 0 Å². The van der Waals surface area contributed by atoms with Gasteiger partial charge in [-0.05, 0) is 28.8 Å². The minimum Gasteiger partial charge on any atom is -0.467 e. The second-order valence-corrected chi connectivity index (χ2v) is 12.2. The molecule has 0 unspecified atom stereocenters. The summed E-state index contributed by atoms with van der Waals surface area (Å²) in [6, 6.07) is 23.2. The number of amides is 2. The van der Waals surface area contributed by atoms with E-state index in [1.165, 1.54) is 7.11 Å². The molecule has 11 nitrogen and oxygen atoms in total. The first-order valence-electron chi connectivity index (χ1n) is 16.2. The van der Waals surface area contributed by atoms with Gasteiger partial charge in [-0.25, -0.2) is 9.59 Å². The van der Waals surface area contributed by atoms with Gasteiger partial charge in [0.15, 0.2) is 12.1 Å². The van der Waals surface area contributed by atoms with Crippen molar-refractivity contribution in [1.82, 2.24) is 10.2 Å². The van der Waals surface area contributed by atoms with Gasteiger partial charge in [0, 0.05) is 56.6 Å². The molecule has 0 saturated carbocycles. The van der Waals surface area contributed by atoms with E-state index in [4.69, 9.17) is 23.7 Å². The number of nitrogens with one attached hydrogen (secondary N) is 2. The molecular formula is C36H43N3O8. The molecule has 0 aromatic heterocycles. The molecule has 250 valence electrons. The fraction of sp³-hybridized carbons (Fsp3) is 0.444. The second-order valence-electron chi connectivity index (χ2n) is 12.2. The van der Waals surface area contributed by atoms with Crippen LogP contribution in [-0.4, -0.2) is 79.9 Å². The van der Waals surface area contributed by atoms with Crippen molar-refractivity contribution in [2.75, 3.05) is 45.3 Å². The Morgan fingerprint density at radius 2 is 1.60 bits per heavy atom. The molecule has 3 aliphatic rings. The van der Waals surface area contributed by atoms with E-state index >= 15 is 0 Å². The molecule has 2 amide bonds. The number of aliphatic hydroxyl groups excluding tert-OH is 1. The van der Waals surface area contributed by atoms with Crippen molar-refractivity contribution in [3.63, 3.8) is 0 Å². The van der Waals surface area contributed by atoms with Crippen molar-refractivity contribution in [3.8, 4) is 0 Å². The number of anilines is 1. The Hall–Kier alpha value is -3.84. The van der Waals surface area contributed by atoms with Gasteiger partial charge in [0.1, 0.15) is 6.04 Å². The number of ether oxygens (including phenoxy) is 5. The third kappa shape index (κ3) is 8.55. The molecule has 3 N–H and O–H groups in total. The number of carbonyl (C=O) groups excluding carboxylic acids is 2. The number of rotatable bonds is 10. The first-order valence-corrected chi connectivity index (χ1v) is 16.2. The molecule has 3 saturated heterocycles. The van der Waals surface area contributed by atoms with E-state index < -0.39 is 30.1 Å². The van der Waals surface area contributed by atoms with E-state index in [1.54, 1.807) is 12.1 Å². The van der Waals surface area contributed by atoms with Crippen LogP contribution in [0.15, 0.2) is 78.9 Å². The van der Waals surface area contributed by atoms with Crippen LogP contribution in [0.3, 0.4) is 0 Å². The molecule has 6 rings (SSSR count). The summed E-state index contributed by atoms with van der Waals surface area (Å²) in [5, 5.41) is 15.1. The zero-order valence-electron chi connectivity index (χ0n) is 26.6. The van der Waals surface area contributed by atoms with Crippen LogP contribution in [-0.2, 0) is 41.5 Å². The zero-order valence-corrected chi connectivity index (χ0v) is 26.6. The Labute approximate surface area is 275 Å². The van der Waals surface area contributed by atoms with Gasteiger partial charge < -0.3 is 44.3 Å². The van der Waals surface area contributed by atoms with Gasteiger partial charge in [0.05, 0.1) is 39.1 Å². The molecule has 4 atom stereocenters. The summed E-state index contributed by atoms with van der Waals surface area (Å²) >= 11 is 0. The van der Waals surface area contributed by atoms with Gasteiger partial charge in [0.25, 0.3) is 0 Å². The molecule has 3 heterocycles. The highest BCUT2D eigenvalue weighted by Gasteiger charge is 2.41. The smallest absolute Gasteiger partial charge is 0.328 e. The normalized spacial score (nSPS) is 23.2. The monoisotopic (exact) mass is 645 g/mol. The molecule has 3 aliphatic heterocycles. The summed E-state index contributed by atoms with van der Waals surface area (Å²) in [6.45, 7) is 3.79. The Morgan fingerprint density at radius 1 is 0.915 bits per heavy atom. The highest BCUT2D eigenvalue weighted by Crippen LogP contribution is 2.39. The first kappa shape index (κ1) is 33.1. The van der Waals surface area contributed by atoms with Crippen LogP contribution in [0, 0.1) is 0 Å². The lowest BCUT2D eigenvalue weighted by atomic mass is 9.98. The Kier molecular flexibility index (Phi) is 10.8. The van der Waals surface area contributed by atoms with Gasteiger partial charge in [0.2, 0.25) is 0 Å². The van der Waals surface area contributed by atoms with Crippen LogP contribution in [0.5, 0.6) is 0 Å². The zero-order chi connectivity index (χ0) is 32.6. The first-order chi connectivity index (χ1) is 22.9. The van der Waals surface area contributed by atoms with Crippen molar-refractivity contribution in [1.29, 1.82) is 0 Å². The third-order valence-electron chi connectivity index (χ3n) is 9.02. The third-order valence-corrected chi connectivity index (χ3v) is 9.02. The standard InChI is InChI=1S/C36H43N3O8/c1-43-33(41)31(21-25-5-3-2-4-6-25)38-35(42)37-29-13-11-28(12-14-29)34-46-30(22-32(47-34)27-9-7-26(24-40)8-10-27)23-39-17-15-36(16-18-39)44-19-20-45-36/h2-14,30-32,34,40H,15-24H2,1H3,(H2,37,38,42)/t30-,31-,32+,34+/m0/s1. The minimum absolute atomic E-state index is 0.0151. The fourth-order valence-electron chi connectivity index (χ4n) is 6.42. The van der Waals surface area contributed by atoms with Crippen LogP contribution in [0.4, 0.5) is 10.5 Å². The quantitative estimate of drug-likeness (QED) is 0.274. The maximum Gasteiger partial charge on any atom is 0.328 e. The van der Waals surface area contributed by atoms with Crippen LogP contribution in [0.25, 0.3) is 0 Å². The largest absolute Gasteiger partial charge is 0.467 e. The summed E-state index contributed by atoms with van der Waals surface area (Å²) in [4.78, 5) is 27.6. The SMILES string of the molecule is COC(=O)[C@H](Cc1ccccc1)NC(=O)Nc1ccc([C@@H]2O[C@H](CN3CCC4(CC3)OCCO4)C[C@H](c3ccc(CO)cc3)O2)cc1. The van der Waals surface area contributed by atoms with Gasteiger partial charge in [-0.2, -0.15) is 0 Å². The van der Waals surface area contributed by atoms with Gasteiger partial charge >= 0.3 is 12.0 Å². The molecular weight excluding hydrogens is 602 g/mol. The van der Waals surface area contributed by atoms with E-state index in [-0.39, 0.29) is 18.8 Å². The lowest BCUT2D eigenvalue weighted by Gasteiger charge is -2.41.